The van der Waals surface area contributed by atoms with E-state index < -0.39 is 41.1 Å². The fraction of sp³-hybridized carbons (Fsp3) is 0.514. The summed E-state index contributed by atoms with van der Waals surface area (Å²) in [7, 11) is 3.13. The zero-order valence-corrected chi connectivity index (χ0v) is 26.8. The van der Waals surface area contributed by atoms with Gasteiger partial charge in [-0.3, -0.25) is 4.79 Å². The number of carbonyl (C=O) groups is 3. The number of aliphatic carboxylic acids is 1. The zero-order valence-electron chi connectivity index (χ0n) is 26.8. The van der Waals surface area contributed by atoms with E-state index in [-0.39, 0.29) is 19.6 Å². The molecule has 9 heteroatoms. The molecule has 3 rings (SSSR count). The van der Waals surface area contributed by atoms with Crippen LogP contribution in [-0.4, -0.2) is 67.4 Å². The molecule has 0 radical (unpaired) electrons. The minimum Gasteiger partial charge on any atom is -0.496 e. The first-order valence-electron chi connectivity index (χ1n) is 15.3. The average Bonchev–Trinajstić information content (AvgIpc) is 3.43. The van der Waals surface area contributed by atoms with Gasteiger partial charge in [-0.05, 0) is 65.6 Å². The highest BCUT2D eigenvalue weighted by Gasteiger charge is 2.53. The van der Waals surface area contributed by atoms with Crippen molar-refractivity contribution in [3.8, 4) is 5.75 Å². The van der Waals surface area contributed by atoms with Crippen LogP contribution in [0, 0.1) is 5.41 Å². The van der Waals surface area contributed by atoms with Crippen molar-refractivity contribution in [2.24, 2.45) is 5.41 Å². The molecule has 1 fully saturated rings. The van der Waals surface area contributed by atoms with Gasteiger partial charge in [0.2, 0.25) is 5.91 Å². The van der Waals surface area contributed by atoms with Gasteiger partial charge in [0.15, 0.2) is 0 Å². The Morgan fingerprint density at radius 3 is 2.45 bits per heavy atom. The normalized spacial score (nSPS) is 18.9. The second-order valence-corrected chi connectivity index (χ2v) is 12.1. The fourth-order valence-electron chi connectivity index (χ4n) is 5.74. The number of carboxylic acids is 1. The fourth-order valence-corrected chi connectivity index (χ4v) is 5.74. The van der Waals surface area contributed by atoms with Crippen LogP contribution in [0.4, 0.5) is 4.79 Å². The van der Waals surface area contributed by atoms with E-state index in [9.17, 15) is 19.5 Å². The molecule has 2 unspecified atom stereocenters. The number of nitrogens with one attached hydrogen (secondary N) is 1. The number of hydrogen-bond acceptors (Lipinski definition) is 6. The molecule has 1 saturated heterocycles. The van der Waals surface area contributed by atoms with Crippen molar-refractivity contribution in [1.82, 2.24) is 10.2 Å². The number of carbonyl (C=O) groups excluding carboxylic acids is 2. The molecule has 1 heterocycles. The number of ether oxygens (including phenoxy) is 3. The van der Waals surface area contributed by atoms with Gasteiger partial charge >= 0.3 is 12.1 Å². The van der Waals surface area contributed by atoms with Gasteiger partial charge < -0.3 is 29.5 Å². The molecule has 0 saturated carbocycles. The summed E-state index contributed by atoms with van der Waals surface area (Å²) in [4.78, 5) is 40.9. The molecular formula is C35H48N2O7. The summed E-state index contributed by atoms with van der Waals surface area (Å²) in [6.45, 7) is 13.5. The van der Waals surface area contributed by atoms with Crippen molar-refractivity contribution in [1.29, 1.82) is 0 Å². The van der Waals surface area contributed by atoms with E-state index in [1.165, 1.54) is 12.0 Å². The third-order valence-electron chi connectivity index (χ3n) is 8.96. The largest absolute Gasteiger partial charge is 0.496 e. The summed E-state index contributed by atoms with van der Waals surface area (Å²) in [5.41, 5.74) is -0.175. The molecule has 2 aromatic carbocycles. The maximum Gasteiger partial charge on any atom is 0.407 e. The minimum absolute atomic E-state index is 0.00695. The van der Waals surface area contributed by atoms with E-state index in [1.807, 2.05) is 57.2 Å². The number of nitrogens with zero attached hydrogens (tertiary/aromatic N) is 1. The van der Waals surface area contributed by atoms with Crippen LogP contribution in [0.1, 0.15) is 76.8 Å². The Kier molecular flexibility index (Phi) is 12.0. The number of carboxylic acid groups (broad SMARTS) is 1. The lowest BCUT2D eigenvalue weighted by Gasteiger charge is -2.36. The molecule has 2 aromatic rings. The van der Waals surface area contributed by atoms with Gasteiger partial charge in [0, 0.05) is 19.1 Å². The Labute approximate surface area is 261 Å². The van der Waals surface area contributed by atoms with E-state index in [4.69, 9.17) is 14.2 Å². The maximum atomic E-state index is 14.2. The molecule has 0 aromatic heterocycles. The first kappa shape index (κ1) is 34.6. The molecule has 44 heavy (non-hydrogen) atoms. The lowest BCUT2D eigenvalue weighted by atomic mass is 9.81. The van der Waals surface area contributed by atoms with Crippen LogP contribution < -0.4 is 10.1 Å². The smallest absolute Gasteiger partial charge is 0.407 e. The lowest BCUT2D eigenvalue weighted by Crippen LogP contribution is -2.57. The molecule has 2 N–H and O–H groups in total. The van der Waals surface area contributed by atoms with E-state index in [0.29, 0.717) is 12.2 Å². The van der Waals surface area contributed by atoms with E-state index >= 15 is 0 Å². The number of methoxy groups -OCH3 is 2. The molecule has 1 aliphatic rings. The monoisotopic (exact) mass is 608 g/mol. The number of unbranched alkanes of at least 4 members (excludes halogenated alkanes) is 4. The summed E-state index contributed by atoms with van der Waals surface area (Å²) in [6, 6.07) is 7.51. The highest BCUT2D eigenvalue weighted by atomic mass is 16.5. The summed E-state index contributed by atoms with van der Waals surface area (Å²) >= 11 is 0. The van der Waals surface area contributed by atoms with E-state index in [2.05, 4.69) is 18.5 Å². The maximum absolute atomic E-state index is 14.2. The summed E-state index contributed by atoms with van der Waals surface area (Å²) in [6.07, 6.45) is 8.20. The summed E-state index contributed by atoms with van der Waals surface area (Å²) in [5, 5.41) is 14.9. The first-order chi connectivity index (χ1) is 21.0. The number of fused-ring (bicyclic) bond motifs is 1. The number of allylic oxidation sites excluding steroid dienone is 1. The lowest BCUT2D eigenvalue weighted by molar-refractivity contribution is -0.150. The van der Waals surface area contributed by atoms with Gasteiger partial charge in [0.25, 0.3) is 0 Å². The number of likely N-dealkylation sites (tertiary alicyclic amines) is 1. The predicted molar refractivity (Wildman–Crippen MR) is 173 cm³/mol. The standard InChI is InChI=1S/C35H48N2O7/c1-8-11-12-13-14-15-18-44-33(41)36-30(34(4,5)10-3)31(38)37-23-35(43-7,22-28(37)32(39)40)27-17-16-25-21-29(42-6)24(9-2)19-26(25)20-27/h8-9,16-17,19-21,28,30H,1-2,10-15,18,22-23H2,3-7H3,(H,36,41)(H,39,40)/t28?,30-,35?/m1/s1. The summed E-state index contributed by atoms with van der Waals surface area (Å²) in [5.74, 6) is -0.919. The number of benzene rings is 2. The van der Waals surface area contributed by atoms with Crippen molar-refractivity contribution < 1.29 is 33.7 Å². The Morgan fingerprint density at radius 2 is 1.84 bits per heavy atom. The van der Waals surface area contributed by atoms with Crippen LogP contribution in [-0.2, 0) is 24.7 Å². The van der Waals surface area contributed by atoms with Gasteiger partial charge in [-0.1, -0.05) is 64.5 Å². The van der Waals surface area contributed by atoms with Crippen molar-refractivity contribution in [3.05, 3.63) is 60.7 Å². The van der Waals surface area contributed by atoms with Crippen molar-refractivity contribution in [2.45, 2.75) is 83.4 Å². The first-order valence-corrected chi connectivity index (χ1v) is 15.3. The minimum atomic E-state index is -1.15. The molecular weight excluding hydrogens is 560 g/mol. The van der Waals surface area contributed by atoms with Gasteiger partial charge in [0.1, 0.15) is 23.4 Å². The van der Waals surface area contributed by atoms with Crippen LogP contribution in [0.3, 0.4) is 0 Å². The highest BCUT2D eigenvalue weighted by molar-refractivity contribution is 5.91. The molecule has 0 spiro atoms. The Balaban J connectivity index is 1.87. The molecule has 1 aliphatic heterocycles. The van der Waals surface area contributed by atoms with Crippen LogP contribution >= 0.6 is 0 Å². The van der Waals surface area contributed by atoms with Crippen LogP contribution in [0.2, 0.25) is 0 Å². The van der Waals surface area contributed by atoms with E-state index in [0.717, 1.165) is 54.0 Å². The number of rotatable bonds is 16. The SMILES string of the molecule is C=CCCCCCCOC(=O)N[C@H](C(=O)N1CC(OC)(c2ccc3cc(OC)c(C=C)cc3c2)CC1C(=O)O)C(C)(C)CC. The highest BCUT2D eigenvalue weighted by Crippen LogP contribution is 2.42. The molecule has 2 amide bonds. The van der Waals surface area contributed by atoms with Gasteiger partial charge in [-0.2, -0.15) is 0 Å². The Bertz CT molecular complexity index is 1350. The molecule has 9 nitrogen and oxygen atoms in total. The molecule has 0 bridgehead atoms. The van der Waals surface area contributed by atoms with E-state index in [1.54, 1.807) is 13.2 Å². The topological polar surface area (TPSA) is 114 Å². The zero-order chi connectivity index (χ0) is 32.5. The van der Waals surface area contributed by atoms with Crippen LogP contribution in [0.25, 0.3) is 16.8 Å². The summed E-state index contributed by atoms with van der Waals surface area (Å²) < 4.78 is 16.9. The Hall–Kier alpha value is -3.85. The molecule has 0 aliphatic carbocycles. The predicted octanol–water partition coefficient (Wildman–Crippen LogP) is 6.69. The second-order valence-electron chi connectivity index (χ2n) is 12.1. The third-order valence-corrected chi connectivity index (χ3v) is 8.96. The molecule has 240 valence electrons. The average molecular weight is 609 g/mol. The van der Waals surface area contributed by atoms with Gasteiger partial charge in [-0.25, -0.2) is 9.59 Å². The van der Waals surface area contributed by atoms with Crippen LogP contribution in [0.5, 0.6) is 5.75 Å². The second kappa shape index (κ2) is 15.2. The number of hydrogen-bond donors (Lipinski definition) is 2. The van der Waals surface area contributed by atoms with Crippen molar-refractivity contribution in [3.63, 3.8) is 0 Å². The van der Waals surface area contributed by atoms with Gasteiger partial charge in [0.05, 0.1) is 20.3 Å². The Morgan fingerprint density at radius 1 is 1.11 bits per heavy atom. The van der Waals surface area contributed by atoms with Crippen LogP contribution in [0.15, 0.2) is 49.6 Å². The quantitative estimate of drug-likeness (QED) is 0.161. The third kappa shape index (κ3) is 7.80. The van der Waals surface area contributed by atoms with Gasteiger partial charge in [-0.15, -0.1) is 6.58 Å². The molecule has 3 atom stereocenters. The number of amides is 2. The van der Waals surface area contributed by atoms with Crippen molar-refractivity contribution >= 4 is 34.8 Å². The number of alkyl carbamates (subject to hydrolysis) is 1. The van der Waals surface area contributed by atoms with Crippen molar-refractivity contribution in [2.75, 3.05) is 27.4 Å².